The molecule has 1 N–H and O–H groups in total. The van der Waals surface area contributed by atoms with Crippen molar-refractivity contribution in [2.24, 2.45) is 23.7 Å². The molecule has 1 saturated carbocycles. The van der Waals surface area contributed by atoms with Crippen LogP contribution in [0.4, 0.5) is 4.79 Å². The van der Waals surface area contributed by atoms with Gasteiger partial charge in [0.2, 0.25) is 11.8 Å². The van der Waals surface area contributed by atoms with Crippen molar-refractivity contribution in [2.45, 2.75) is 24.2 Å². The number of Topliss-reactive ketones (excluding diaryl/α,β-unsaturated/α-hetero) is 1. The summed E-state index contributed by atoms with van der Waals surface area (Å²) in [4.78, 5) is 70.4. The van der Waals surface area contributed by atoms with Gasteiger partial charge < -0.3 is 14.6 Å². The number of rotatable bonds is 4. The largest absolute Gasteiger partial charge is 0.503 e. The molecule has 0 bridgehead atoms. The Balaban J connectivity index is 1.52. The number of methoxy groups -OCH3 is 2. The summed E-state index contributed by atoms with van der Waals surface area (Å²) in [5.41, 5.74) is 1.15. The fraction of sp³-hybridized carbons (Fsp3) is 0.270. The second-order valence-electron chi connectivity index (χ2n) is 12.3. The Hall–Kier alpha value is -5.02. The quantitative estimate of drug-likeness (QED) is 0.284. The van der Waals surface area contributed by atoms with E-state index in [1.807, 2.05) is 42.5 Å². The first-order valence-corrected chi connectivity index (χ1v) is 15.7. The van der Waals surface area contributed by atoms with Crippen LogP contribution in [0.15, 0.2) is 90.5 Å². The number of carbonyl (C=O) groups excluding carboxylic acids is 5. The highest BCUT2D eigenvalue weighted by molar-refractivity contribution is 6.33. The molecule has 3 amide bonds. The maximum atomic E-state index is 15.0. The van der Waals surface area contributed by atoms with Crippen LogP contribution in [0.3, 0.4) is 0 Å². The molecule has 7 rings (SSSR count). The lowest BCUT2D eigenvalue weighted by Crippen LogP contribution is -2.58. The summed E-state index contributed by atoms with van der Waals surface area (Å²) in [5.74, 6) is -6.43. The molecule has 1 aliphatic heterocycles. The fourth-order valence-electron chi connectivity index (χ4n) is 8.44. The van der Waals surface area contributed by atoms with E-state index < -0.39 is 52.9 Å². The Kier molecular flexibility index (Phi) is 7.39. The molecule has 238 valence electrons. The van der Waals surface area contributed by atoms with Crippen LogP contribution in [0.1, 0.15) is 35.4 Å². The molecule has 6 unspecified atom stereocenters. The van der Waals surface area contributed by atoms with Gasteiger partial charge in [0.1, 0.15) is 0 Å². The van der Waals surface area contributed by atoms with Crippen LogP contribution in [0.2, 0.25) is 5.02 Å². The molecule has 3 aromatic rings. The Labute approximate surface area is 275 Å². The van der Waals surface area contributed by atoms with Crippen molar-refractivity contribution in [1.29, 1.82) is 0 Å². The van der Waals surface area contributed by atoms with Gasteiger partial charge in [0.05, 0.1) is 36.5 Å². The van der Waals surface area contributed by atoms with Gasteiger partial charge in [-0.2, -0.15) is 4.90 Å². The summed E-state index contributed by atoms with van der Waals surface area (Å²) in [6, 6.07) is 21.2. The van der Waals surface area contributed by atoms with E-state index in [1.54, 1.807) is 36.4 Å². The first kappa shape index (κ1) is 30.6. The van der Waals surface area contributed by atoms with Gasteiger partial charge in [-0.1, -0.05) is 83.9 Å². The van der Waals surface area contributed by atoms with Crippen molar-refractivity contribution < 1.29 is 38.6 Å². The van der Waals surface area contributed by atoms with E-state index >= 15 is 4.79 Å². The van der Waals surface area contributed by atoms with Crippen molar-refractivity contribution in [2.75, 3.05) is 14.2 Å². The van der Waals surface area contributed by atoms with Crippen LogP contribution in [0.5, 0.6) is 11.5 Å². The Morgan fingerprint density at radius 1 is 0.936 bits per heavy atom. The van der Waals surface area contributed by atoms with E-state index in [0.29, 0.717) is 27.2 Å². The average Bonchev–Trinajstić information content (AvgIpc) is 3.35. The highest BCUT2D eigenvalue weighted by Gasteiger charge is 2.66. The Morgan fingerprint density at radius 3 is 2.28 bits per heavy atom. The summed E-state index contributed by atoms with van der Waals surface area (Å²) >= 11 is 6.56. The van der Waals surface area contributed by atoms with Crippen LogP contribution in [-0.4, -0.2) is 53.7 Å². The van der Waals surface area contributed by atoms with Crippen molar-refractivity contribution in [1.82, 2.24) is 4.90 Å². The number of amides is 3. The van der Waals surface area contributed by atoms with Crippen LogP contribution in [0, 0.1) is 23.7 Å². The number of carbonyl (C=O) groups is 5. The summed E-state index contributed by atoms with van der Waals surface area (Å²) in [7, 11) is 2.48. The maximum Gasteiger partial charge on any atom is 0.423 e. The van der Waals surface area contributed by atoms with E-state index in [2.05, 4.69) is 0 Å². The van der Waals surface area contributed by atoms with Crippen molar-refractivity contribution in [3.05, 3.63) is 112 Å². The smallest absolute Gasteiger partial charge is 0.423 e. The number of nitrogens with zero attached hydrogens (tertiary/aromatic N) is 1. The molecule has 2 fully saturated rings. The Morgan fingerprint density at radius 2 is 1.62 bits per heavy atom. The molecule has 0 aromatic heterocycles. The highest BCUT2D eigenvalue weighted by atomic mass is 35.5. The number of allylic oxidation sites excluding steroid dienone is 4. The number of imide groups is 3. The van der Waals surface area contributed by atoms with Gasteiger partial charge in [-0.15, -0.1) is 0 Å². The third-order valence-electron chi connectivity index (χ3n) is 10.3. The molecule has 10 heteroatoms. The predicted octanol–water partition coefficient (Wildman–Crippen LogP) is 5.65. The van der Waals surface area contributed by atoms with E-state index in [4.69, 9.17) is 21.1 Å². The van der Waals surface area contributed by atoms with Crippen molar-refractivity contribution >= 4 is 46.6 Å². The average molecular weight is 652 g/mol. The molecule has 9 nitrogen and oxygen atoms in total. The molecule has 3 aromatic carbocycles. The number of phenolic OH excluding ortho intramolecular Hbond substituents is 1. The number of halogens is 1. The highest BCUT2D eigenvalue weighted by Crippen LogP contribution is 2.64. The van der Waals surface area contributed by atoms with Gasteiger partial charge >= 0.3 is 6.09 Å². The predicted molar refractivity (Wildman–Crippen MR) is 170 cm³/mol. The number of benzene rings is 3. The van der Waals surface area contributed by atoms with Gasteiger partial charge in [0, 0.05) is 17.4 Å². The standard InChI is InChI=1S/C37H30ClNO8/c1-46-28-16-20(15-27(38)33(28)42)31-22-13-14-23-30(35(44)39(34(23)43)36(45)47-2)25(22)17-26-32(41)24(19-9-5-3-6-10-19)18-29(40)37(26,31)21-11-7-4-8-12-21/h3-13,15-16,18,23,25-26,30-31,42H,14,17H2,1-2H3. The van der Waals surface area contributed by atoms with Gasteiger partial charge in [-0.25, -0.2) is 4.79 Å². The molecule has 1 saturated heterocycles. The lowest BCUT2D eigenvalue weighted by atomic mass is 9.44. The molecule has 4 aliphatic rings. The van der Waals surface area contributed by atoms with Crippen LogP contribution < -0.4 is 4.74 Å². The third-order valence-corrected chi connectivity index (χ3v) is 10.6. The third kappa shape index (κ3) is 4.33. The Bertz CT molecular complexity index is 1920. The van der Waals surface area contributed by atoms with Crippen molar-refractivity contribution in [3.63, 3.8) is 0 Å². The molecule has 6 atom stereocenters. The van der Waals surface area contributed by atoms with Gasteiger partial charge in [0.15, 0.2) is 23.1 Å². The fourth-order valence-corrected chi connectivity index (χ4v) is 8.66. The zero-order valence-corrected chi connectivity index (χ0v) is 26.3. The second kappa shape index (κ2) is 11.3. The van der Waals surface area contributed by atoms with E-state index in [1.165, 1.54) is 13.2 Å². The second-order valence-corrected chi connectivity index (χ2v) is 12.7. The maximum absolute atomic E-state index is 15.0. The van der Waals surface area contributed by atoms with Crippen LogP contribution in [-0.2, 0) is 29.3 Å². The molecule has 47 heavy (non-hydrogen) atoms. The van der Waals surface area contributed by atoms with Crippen molar-refractivity contribution in [3.8, 4) is 11.5 Å². The zero-order valence-electron chi connectivity index (χ0n) is 25.5. The molecule has 0 spiro atoms. The molecular formula is C37H30ClNO8. The lowest BCUT2D eigenvalue weighted by molar-refractivity contribution is -0.138. The van der Waals surface area contributed by atoms with Gasteiger partial charge in [-0.3, -0.25) is 19.2 Å². The zero-order chi connectivity index (χ0) is 33.2. The van der Waals surface area contributed by atoms with Gasteiger partial charge in [-0.05, 0) is 53.7 Å². The summed E-state index contributed by atoms with van der Waals surface area (Å²) in [5, 5.41) is 10.7. The number of ketones is 2. The monoisotopic (exact) mass is 651 g/mol. The normalized spacial score (nSPS) is 28.1. The molecule has 3 aliphatic carbocycles. The summed E-state index contributed by atoms with van der Waals surface area (Å²) < 4.78 is 10.3. The number of hydrogen-bond acceptors (Lipinski definition) is 8. The van der Waals surface area contributed by atoms with E-state index in [9.17, 15) is 24.3 Å². The lowest BCUT2D eigenvalue weighted by Gasteiger charge is -2.55. The number of aromatic hydroxyl groups is 1. The first-order chi connectivity index (χ1) is 22.6. The summed E-state index contributed by atoms with van der Waals surface area (Å²) in [6.45, 7) is 0. The van der Waals surface area contributed by atoms with Gasteiger partial charge in [0.25, 0.3) is 0 Å². The summed E-state index contributed by atoms with van der Waals surface area (Å²) in [6.07, 6.45) is 2.43. The molecule has 0 radical (unpaired) electrons. The minimum Gasteiger partial charge on any atom is -0.503 e. The van der Waals surface area contributed by atoms with E-state index in [-0.39, 0.29) is 46.5 Å². The first-order valence-electron chi connectivity index (χ1n) is 15.3. The topological polar surface area (TPSA) is 127 Å². The van der Waals surface area contributed by atoms with Crippen LogP contribution in [0.25, 0.3) is 5.57 Å². The SMILES string of the molecule is COC(=O)N1C(=O)C2CC=C3C(CC4C(=O)C(c5ccccc5)=CC(=O)C4(c4ccccc4)C3c3cc(Cl)c(O)c(OC)c3)C2C1=O. The number of fused-ring (bicyclic) bond motifs is 4. The number of phenols is 1. The van der Waals surface area contributed by atoms with E-state index in [0.717, 1.165) is 7.11 Å². The van der Waals surface area contributed by atoms with Crippen LogP contribution >= 0.6 is 11.6 Å². The number of likely N-dealkylation sites (tertiary alicyclic amines) is 1. The minimum atomic E-state index is -1.48. The molecule has 1 heterocycles. The number of hydrogen-bond donors (Lipinski definition) is 1. The molecular weight excluding hydrogens is 622 g/mol. The number of ether oxygens (including phenoxy) is 2. The minimum absolute atomic E-state index is 0.0189.